The summed E-state index contributed by atoms with van der Waals surface area (Å²) in [5, 5.41) is 0. The molecule has 14 heavy (non-hydrogen) atoms. The smallest absolute Gasteiger partial charge is 0.348 e. The highest BCUT2D eigenvalue weighted by Gasteiger charge is 2.05. The Labute approximate surface area is 77.0 Å². The quantitative estimate of drug-likeness (QED) is 0.490. The first-order valence-electron chi connectivity index (χ1n) is 3.84. The van der Waals surface area contributed by atoms with Crippen LogP contribution < -0.4 is 17.0 Å². The van der Waals surface area contributed by atoms with Crippen molar-refractivity contribution in [2.24, 2.45) is 0 Å². The summed E-state index contributed by atoms with van der Waals surface area (Å²) in [6, 6.07) is 0. The number of hydrogen-bond donors (Lipinski definition) is 3. The number of fused-ring (bicyclic) bond motifs is 1. The van der Waals surface area contributed by atoms with E-state index in [4.69, 9.17) is 5.73 Å². The van der Waals surface area contributed by atoms with Gasteiger partial charge in [-0.2, -0.15) is 4.98 Å². The van der Waals surface area contributed by atoms with Crippen LogP contribution in [0.5, 0.6) is 0 Å². The number of aromatic nitrogens is 4. The number of anilines is 1. The van der Waals surface area contributed by atoms with E-state index in [1.807, 2.05) is 0 Å². The van der Waals surface area contributed by atoms with Gasteiger partial charge in [0, 0.05) is 0 Å². The Morgan fingerprint density at radius 2 is 1.93 bits per heavy atom. The number of nitrogens with two attached hydrogens (primary N) is 1. The molecule has 0 aliphatic carbocycles. The Morgan fingerprint density at radius 1 is 1.21 bits per heavy atom. The van der Waals surface area contributed by atoms with Crippen LogP contribution in [-0.4, -0.2) is 19.9 Å². The number of nitrogens with zero attached hydrogens (tertiary/aromatic N) is 2. The SMILES string of the molecule is Cc1nc2c(N)[nH]c(=O)nc2[nH]c1=O. The molecule has 0 aliphatic heterocycles. The van der Waals surface area contributed by atoms with Crippen LogP contribution in [0.25, 0.3) is 11.2 Å². The lowest BCUT2D eigenvalue weighted by Gasteiger charge is -1.99. The Bertz CT molecular complexity index is 611. The molecule has 0 fully saturated rings. The van der Waals surface area contributed by atoms with Crippen molar-refractivity contribution in [1.82, 2.24) is 19.9 Å². The molecule has 4 N–H and O–H groups in total. The Balaban J connectivity index is 3.03. The first kappa shape index (κ1) is 8.42. The normalized spacial score (nSPS) is 10.6. The summed E-state index contributed by atoms with van der Waals surface area (Å²) in [7, 11) is 0. The molecule has 0 saturated heterocycles. The van der Waals surface area contributed by atoms with Gasteiger partial charge in [0.05, 0.1) is 0 Å². The lowest BCUT2D eigenvalue weighted by molar-refractivity contribution is 1.04. The minimum atomic E-state index is -0.615. The molecular formula is C7H7N5O2. The highest BCUT2D eigenvalue weighted by Crippen LogP contribution is 2.07. The molecule has 0 atom stereocenters. The summed E-state index contributed by atoms with van der Waals surface area (Å²) in [5.74, 6) is 0.0966. The van der Waals surface area contributed by atoms with Gasteiger partial charge in [-0.25, -0.2) is 9.78 Å². The third-order valence-electron chi connectivity index (χ3n) is 1.77. The molecule has 0 aliphatic rings. The lowest BCUT2D eigenvalue weighted by Crippen LogP contribution is -2.19. The molecule has 0 amide bonds. The molecule has 72 valence electrons. The molecule has 7 nitrogen and oxygen atoms in total. The van der Waals surface area contributed by atoms with Crippen molar-refractivity contribution < 1.29 is 0 Å². The van der Waals surface area contributed by atoms with Gasteiger partial charge in [0.2, 0.25) is 0 Å². The van der Waals surface area contributed by atoms with Crippen molar-refractivity contribution >= 4 is 17.0 Å². The van der Waals surface area contributed by atoms with Crippen molar-refractivity contribution in [3.05, 3.63) is 26.5 Å². The number of aryl methyl sites for hydroxylation is 1. The maximum absolute atomic E-state index is 11.1. The van der Waals surface area contributed by atoms with E-state index in [1.165, 1.54) is 0 Å². The maximum atomic E-state index is 11.1. The van der Waals surface area contributed by atoms with Crippen LogP contribution in [0.4, 0.5) is 5.82 Å². The summed E-state index contributed by atoms with van der Waals surface area (Å²) >= 11 is 0. The molecule has 2 aromatic heterocycles. The van der Waals surface area contributed by atoms with Crippen molar-refractivity contribution in [2.75, 3.05) is 5.73 Å². The van der Waals surface area contributed by atoms with Crippen molar-refractivity contribution in [3.8, 4) is 0 Å². The second-order valence-corrected chi connectivity index (χ2v) is 2.80. The van der Waals surface area contributed by atoms with Crippen LogP contribution in [0, 0.1) is 6.92 Å². The molecule has 2 heterocycles. The zero-order valence-corrected chi connectivity index (χ0v) is 7.29. The standard InChI is InChI=1S/C7H7N5O2/c1-2-6(13)11-5-3(9-2)4(8)10-7(14)12-5/h1H3,(H4,8,10,11,12,13,14). The van der Waals surface area contributed by atoms with Gasteiger partial charge < -0.3 is 10.7 Å². The molecule has 2 rings (SSSR count). The third-order valence-corrected chi connectivity index (χ3v) is 1.77. The topological polar surface area (TPSA) is 118 Å². The molecular weight excluding hydrogens is 186 g/mol. The monoisotopic (exact) mass is 193 g/mol. The summed E-state index contributed by atoms with van der Waals surface area (Å²) in [6.45, 7) is 1.54. The van der Waals surface area contributed by atoms with Crippen LogP contribution in [0.2, 0.25) is 0 Å². The number of nitrogen functional groups attached to an aromatic ring is 1. The van der Waals surface area contributed by atoms with E-state index in [0.717, 1.165) is 0 Å². The van der Waals surface area contributed by atoms with E-state index in [0.29, 0.717) is 5.52 Å². The fraction of sp³-hybridized carbons (Fsp3) is 0.143. The van der Waals surface area contributed by atoms with E-state index < -0.39 is 5.69 Å². The summed E-state index contributed by atoms with van der Waals surface area (Å²) in [6.07, 6.45) is 0. The fourth-order valence-electron chi connectivity index (χ4n) is 1.10. The van der Waals surface area contributed by atoms with Gasteiger partial charge in [-0.1, -0.05) is 0 Å². The van der Waals surface area contributed by atoms with E-state index in [2.05, 4.69) is 19.9 Å². The van der Waals surface area contributed by atoms with Gasteiger partial charge in [0.15, 0.2) is 5.65 Å². The summed E-state index contributed by atoms with van der Waals surface area (Å²) in [4.78, 5) is 34.2. The molecule has 0 aromatic carbocycles. The zero-order chi connectivity index (χ0) is 10.3. The second kappa shape index (κ2) is 2.66. The van der Waals surface area contributed by atoms with E-state index in [-0.39, 0.29) is 22.7 Å². The number of aromatic amines is 2. The van der Waals surface area contributed by atoms with Gasteiger partial charge >= 0.3 is 5.69 Å². The molecule has 0 bridgehead atoms. The average molecular weight is 193 g/mol. The van der Waals surface area contributed by atoms with Crippen LogP contribution in [0.1, 0.15) is 5.69 Å². The molecule has 0 unspecified atom stereocenters. The average Bonchev–Trinajstić information content (AvgIpc) is 2.08. The highest BCUT2D eigenvalue weighted by molar-refractivity contribution is 5.79. The van der Waals surface area contributed by atoms with Gasteiger partial charge in [0.1, 0.15) is 17.0 Å². The highest BCUT2D eigenvalue weighted by atomic mass is 16.1. The molecule has 2 aromatic rings. The van der Waals surface area contributed by atoms with Crippen molar-refractivity contribution in [1.29, 1.82) is 0 Å². The minimum Gasteiger partial charge on any atom is -0.383 e. The number of rotatable bonds is 0. The van der Waals surface area contributed by atoms with Gasteiger partial charge in [-0.15, -0.1) is 0 Å². The van der Waals surface area contributed by atoms with Crippen LogP contribution in [0.15, 0.2) is 9.59 Å². The van der Waals surface area contributed by atoms with Crippen LogP contribution in [0.3, 0.4) is 0 Å². The summed E-state index contributed by atoms with van der Waals surface area (Å²) in [5.41, 5.74) is 5.17. The van der Waals surface area contributed by atoms with E-state index >= 15 is 0 Å². The van der Waals surface area contributed by atoms with Crippen LogP contribution in [-0.2, 0) is 0 Å². The van der Waals surface area contributed by atoms with E-state index in [1.54, 1.807) is 6.92 Å². The lowest BCUT2D eigenvalue weighted by atomic mass is 10.4. The minimum absolute atomic E-state index is 0.0966. The van der Waals surface area contributed by atoms with Gasteiger partial charge in [-0.3, -0.25) is 9.78 Å². The fourth-order valence-corrected chi connectivity index (χ4v) is 1.10. The van der Waals surface area contributed by atoms with Gasteiger partial charge in [-0.05, 0) is 6.92 Å². The molecule has 0 saturated carbocycles. The Hall–Kier alpha value is -2.18. The molecule has 0 radical (unpaired) electrons. The maximum Gasteiger partial charge on any atom is 0.348 e. The number of H-pyrrole nitrogens is 2. The number of nitrogens with one attached hydrogen (secondary N) is 2. The Kier molecular flexibility index (Phi) is 1.60. The largest absolute Gasteiger partial charge is 0.383 e. The zero-order valence-electron chi connectivity index (χ0n) is 7.29. The van der Waals surface area contributed by atoms with Crippen molar-refractivity contribution in [2.45, 2.75) is 6.92 Å². The first-order valence-corrected chi connectivity index (χ1v) is 3.84. The van der Waals surface area contributed by atoms with Crippen LogP contribution >= 0.6 is 0 Å². The molecule has 0 spiro atoms. The van der Waals surface area contributed by atoms with E-state index in [9.17, 15) is 9.59 Å². The number of hydrogen-bond acceptors (Lipinski definition) is 5. The predicted octanol–water partition coefficient (Wildman–Crippen LogP) is -1.10. The Morgan fingerprint density at radius 3 is 2.64 bits per heavy atom. The third kappa shape index (κ3) is 1.15. The second-order valence-electron chi connectivity index (χ2n) is 2.80. The molecule has 7 heteroatoms. The summed E-state index contributed by atoms with van der Waals surface area (Å²) < 4.78 is 0. The predicted molar refractivity (Wildman–Crippen MR) is 49.9 cm³/mol. The van der Waals surface area contributed by atoms with Gasteiger partial charge in [0.25, 0.3) is 5.56 Å². The first-order chi connectivity index (χ1) is 6.58. The van der Waals surface area contributed by atoms with Crippen molar-refractivity contribution in [3.63, 3.8) is 0 Å².